The summed E-state index contributed by atoms with van der Waals surface area (Å²) >= 11 is 0. The van der Waals surface area contributed by atoms with Gasteiger partial charge in [0, 0.05) is 19.1 Å². The van der Waals surface area contributed by atoms with Gasteiger partial charge in [-0.05, 0) is 11.6 Å². The molecular weight excluding hydrogens is 224 g/mol. The SMILES string of the molecule is CC1=N/C(=C/c2cccc([N+](=O)[O-])c2)C(=O)O1. The molecule has 6 nitrogen and oxygen atoms in total. The van der Waals surface area contributed by atoms with Gasteiger partial charge in [0.15, 0.2) is 11.6 Å². The minimum absolute atomic E-state index is 0.0357. The molecule has 86 valence electrons. The minimum Gasteiger partial charge on any atom is -0.407 e. The number of nitro benzene ring substituents is 1. The van der Waals surface area contributed by atoms with Gasteiger partial charge in [0.25, 0.3) is 5.69 Å². The second kappa shape index (κ2) is 4.17. The number of nitro groups is 1. The molecule has 17 heavy (non-hydrogen) atoms. The third-order valence-corrected chi connectivity index (χ3v) is 2.11. The highest BCUT2D eigenvalue weighted by atomic mass is 16.6. The summed E-state index contributed by atoms with van der Waals surface area (Å²) in [6.45, 7) is 1.56. The van der Waals surface area contributed by atoms with Crippen LogP contribution in [-0.4, -0.2) is 16.8 Å². The Bertz CT molecular complexity index is 560. The monoisotopic (exact) mass is 232 g/mol. The van der Waals surface area contributed by atoms with Crippen molar-refractivity contribution >= 4 is 23.6 Å². The average molecular weight is 232 g/mol. The zero-order valence-electron chi connectivity index (χ0n) is 8.91. The summed E-state index contributed by atoms with van der Waals surface area (Å²) in [6, 6.07) is 5.94. The highest BCUT2D eigenvalue weighted by Crippen LogP contribution is 2.18. The minimum atomic E-state index is -0.547. The Labute approximate surface area is 96.4 Å². The molecule has 0 aliphatic carbocycles. The third kappa shape index (κ3) is 2.36. The van der Waals surface area contributed by atoms with E-state index >= 15 is 0 Å². The first-order chi connectivity index (χ1) is 8.06. The van der Waals surface area contributed by atoms with Gasteiger partial charge in [0.2, 0.25) is 0 Å². The maximum Gasteiger partial charge on any atom is 0.363 e. The number of esters is 1. The standard InChI is InChI=1S/C11H8N2O4/c1-7-12-10(11(14)17-7)6-8-3-2-4-9(5-8)13(15)16/h2-6H,1H3/b10-6+. The normalized spacial score (nSPS) is 16.9. The molecule has 0 saturated heterocycles. The molecule has 1 aliphatic rings. The summed E-state index contributed by atoms with van der Waals surface area (Å²) in [5.41, 5.74) is 0.638. The molecule has 0 saturated carbocycles. The van der Waals surface area contributed by atoms with Crippen LogP contribution >= 0.6 is 0 Å². The lowest BCUT2D eigenvalue weighted by molar-refractivity contribution is -0.384. The van der Waals surface area contributed by atoms with E-state index in [2.05, 4.69) is 4.99 Å². The first kappa shape index (κ1) is 11.0. The number of carbonyl (C=O) groups excluding carboxylic acids is 1. The van der Waals surface area contributed by atoms with Gasteiger partial charge >= 0.3 is 5.97 Å². The molecule has 0 spiro atoms. The van der Waals surface area contributed by atoms with Crippen LogP contribution < -0.4 is 0 Å². The van der Waals surface area contributed by atoms with Crippen LogP contribution in [0.25, 0.3) is 6.08 Å². The molecule has 0 fully saturated rings. The van der Waals surface area contributed by atoms with Crippen LogP contribution in [0.5, 0.6) is 0 Å². The number of nitrogens with zero attached hydrogens (tertiary/aromatic N) is 2. The van der Waals surface area contributed by atoms with Gasteiger partial charge in [-0.25, -0.2) is 9.79 Å². The fourth-order valence-electron chi connectivity index (χ4n) is 1.40. The van der Waals surface area contributed by atoms with Gasteiger partial charge in [0.05, 0.1) is 4.92 Å². The first-order valence-corrected chi connectivity index (χ1v) is 4.80. The van der Waals surface area contributed by atoms with Gasteiger partial charge in [-0.3, -0.25) is 10.1 Å². The van der Waals surface area contributed by atoms with Crippen molar-refractivity contribution in [3.8, 4) is 0 Å². The lowest BCUT2D eigenvalue weighted by Gasteiger charge is -1.94. The molecule has 0 N–H and O–H groups in total. The van der Waals surface area contributed by atoms with Crippen molar-refractivity contribution in [2.24, 2.45) is 4.99 Å². The largest absolute Gasteiger partial charge is 0.407 e. The van der Waals surface area contributed by atoms with E-state index in [0.29, 0.717) is 5.56 Å². The molecule has 0 radical (unpaired) electrons. The lowest BCUT2D eigenvalue weighted by Crippen LogP contribution is -1.99. The Hall–Kier alpha value is -2.50. The number of aliphatic imine (C=N–C) groups is 1. The summed E-state index contributed by atoms with van der Waals surface area (Å²) in [6.07, 6.45) is 1.45. The fraction of sp³-hybridized carbons (Fsp3) is 0.0909. The van der Waals surface area contributed by atoms with Gasteiger partial charge in [-0.2, -0.15) is 0 Å². The molecule has 1 aromatic carbocycles. The molecule has 6 heteroatoms. The molecule has 0 bridgehead atoms. The Morgan fingerprint density at radius 3 is 2.82 bits per heavy atom. The van der Waals surface area contributed by atoms with Crippen LogP contribution in [-0.2, 0) is 9.53 Å². The quantitative estimate of drug-likeness (QED) is 0.337. The van der Waals surface area contributed by atoms with Crippen molar-refractivity contribution in [3.63, 3.8) is 0 Å². The molecule has 1 heterocycles. The van der Waals surface area contributed by atoms with Crippen molar-refractivity contribution in [2.75, 3.05) is 0 Å². The Balaban J connectivity index is 2.36. The molecule has 1 aromatic rings. The maximum atomic E-state index is 11.3. The van der Waals surface area contributed by atoms with E-state index in [-0.39, 0.29) is 17.3 Å². The van der Waals surface area contributed by atoms with Gasteiger partial charge < -0.3 is 4.74 Å². The maximum absolute atomic E-state index is 11.3. The highest BCUT2D eigenvalue weighted by molar-refractivity contribution is 6.06. The number of benzene rings is 1. The summed E-state index contributed by atoms with van der Waals surface area (Å²) in [5, 5.41) is 10.6. The predicted molar refractivity (Wildman–Crippen MR) is 60.3 cm³/mol. The van der Waals surface area contributed by atoms with E-state index in [1.807, 2.05) is 0 Å². The topological polar surface area (TPSA) is 81.8 Å². The average Bonchev–Trinajstić information content (AvgIpc) is 2.58. The molecular formula is C11H8N2O4. The predicted octanol–water partition coefficient (Wildman–Crippen LogP) is 1.91. The molecule has 0 aromatic heterocycles. The van der Waals surface area contributed by atoms with Crippen molar-refractivity contribution in [1.29, 1.82) is 0 Å². The Morgan fingerprint density at radius 2 is 2.24 bits per heavy atom. The van der Waals surface area contributed by atoms with E-state index in [9.17, 15) is 14.9 Å². The van der Waals surface area contributed by atoms with Crippen LogP contribution in [0.2, 0.25) is 0 Å². The van der Waals surface area contributed by atoms with Gasteiger partial charge in [0.1, 0.15) is 0 Å². The second-order valence-electron chi connectivity index (χ2n) is 3.40. The van der Waals surface area contributed by atoms with Crippen molar-refractivity contribution in [2.45, 2.75) is 6.92 Å². The van der Waals surface area contributed by atoms with Crippen LogP contribution in [0.3, 0.4) is 0 Å². The van der Waals surface area contributed by atoms with Crippen LogP contribution in [0.4, 0.5) is 5.69 Å². The molecule has 0 amide bonds. The third-order valence-electron chi connectivity index (χ3n) is 2.11. The Morgan fingerprint density at radius 1 is 1.47 bits per heavy atom. The molecule has 0 atom stereocenters. The molecule has 2 rings (SSSR count). The summed E-state index contributed by atoms with van der Waals surface area (Å²) < 4.78 is 4.73. The lowest BCUT2D eigenvalue weighted by atomic mass is 10.2. The van der Waals surface area contributed by atoms with Crippen molar-refractivity contribution < 1.29 is 14.5 Å². The van der Waals surface area contributed by atoms with E-state index in [1.54, 1.807) is 19.1 Å². The van der Waals surface area contributed by atoms with Crippen molar-refractivity contribution in [3.05, 3.63) is 45.6 Å². The van der Waals surface area contributed by atoms with Gasteiger partial charge in [-0.1, -0.05) is 12.1 Å². The van der Waals surface area contributed by atoms with E-state index in [0.717, 1.165) is 0 Å². The number of non-ortho nitro benzene ring substituents is 1. The van der Waals surface area contributed by atoms with E-state index < -0.39 is 10.9 Å². The number of rotatable bonds is 2. The zero-order chi connectivity index (χ0) is 12.4. The van der Waals surface area contributed by atoms with Crippen LogP contribution in [0.15, 0.2) is 35.0 Å². The summed E-state index contributed by atoms with van der Waals surface area (Å²) in [4.78, 5) is 25.2. The van der Waals surface area contributed by atoms with Crippen molar-refractivity contribution in [1.82, 2.24) is 0 Å². The second-order valence-corrected chi connectivity index (χ2v) is 3.40. The summed E-state index contributed by atoms with van der Waals surface area (Å²) in [5.74, 6) is -0.277. The number of hydrogen-bond donors (Lipinski definition) is 0. The number of ether oxygens (including phenoxy) is 1. The van der Waals surface area contributed by atoms with E-state index in [4.69, 9.17) is 4.74 Å². The number of cyclic esters (lactones) is 1. The number of hydrogen-bond acceptors (Lipinski definition) is 5. The molecule has 0 unspecified atom stereocenters. The first-order valence-electron chi connectivity index (χ1n) is 4.80. The zero-order valence-corrected chi connectivity index (χ0v) is 8.91. The highest BCUT2D eigenvalue weighted by Gasteiger charge is 2.19. The van der Waals surface area contributed by atoms with Crippen LogP contribution in [0.1, 0.15) is 12.5 Å². The van der Waals surface area contributed by atoms with E-state index in [1.165, 1.54) is 18.2 Å². The Kier molecular flexibility index (Phi) is 2.70. The van der Waals surface area contributed by atoms with Gasteiger partial charge in [-0.15, -0.1) is 0 Å². The fourth-order valence-corrected chi connectivity index (χ4v) is 1.40. The number of carbonyl (C=O) groups is 1. The summed E-state index contributed by atoms with van der Waals surface area (Å²) in [7, 11) is 0. The molecule has 1 aliphatic heterocycles. The van der Waals surface area contributed by atoms with Crippen LogP contribution in [0, 0.1) is 10.1 Å². The smallest absolute Gasteiger partial charge is 0.363 e.